The summed E-state index contributed by atoms with van der Waals surface area (Å²) in [5.41, 5.74) is 3.11. The normalized spacial score (nSPS) is 10.8. The Bertz CT molecular complexity index is 1430. The van der Waals surface area contributed by atoms with Gasteiger partial charge in [0.1, 0.15) is 0 Å². The second kappa shape index (κ2) is 9.25. The van der Waals surface area contributed by atoms with Crippen LogP contribution in [-0.2, 0) is 4.79 Å². The van der Waals surface area contributed by atoms with Crippen LogP contribution in [0.1, 0.15) is 11.1 Å². The third-order valence-corrected chi connectivity index (χ3v) is 6.00. The maximum atomic E-state index is 13.3. The van der Waals surface area contributed by atoms with Gasteiger partial charge >= 0.3 is 0 Å². The maximum absolute atomic E-state index is 13.3. The SMILES string of the molecule is Cc1ccc(-n2c(SCC(=O)Nc3ccc([N+](=O)[O-])cc3C)nc3ccccc3c2=O)cc1. The summed E-state index contributed by atoms with van der Waals surface area (Å²) in [4.78, 5) is 40.9. The number of rotatable bonds is 6. The van der Waals surface area contributed by atoms with Crippen LogP contribution in [0, 0.1) is 24.0 Å². The Morgan fingerprint density at radius 1 is 1.09 bits per heavy atom. The Kier molecular flexibility index (Phi) is 6.23. The summed E-state index contributed by atoms with van der Waals surface area (Å²) in [6.07, 6.45) is 0. The van der Waals surface area contributed by atoms with E-state index in [0.29, 0.717) is 33.0 Å². The average molecular weight is 461 g/mol. The van der Waals surface area contributed by atoms with Crippen molar-refractivity contribution in [3.63, 3.8) is 0 Å². The number of para-hydroxylation sites is 1. The van der Waals surface area contributed by atoms with Gasteiger partial charge in [0.15, 0.2) is 5.16 Å². The highest BCUT2D eigenvalue weighted by atomic mass is 32.2. The number of hydrogen-bond acceptors (Lipinski definition) is 6. The molecule has 166 valence electrons. The number of nitro groups is 1. The lowest BCUT2D eigenvalue weighted by atomic mass is 10.2. The van der Waals surface area contributed by atoms with Crippen LogP contribution in [0.3, 0.4) is 0 Å². The number of carbonyl (C=O) groups excluding carboxylic acids is 1. The number of thioether (sulfide) groups is 1. The van der Waals surface area contributed by atoms with Crippen molar-refractivity contribution in [3.8, 4) is 5.69 Å². The summed E-state index contributed by atoms with van der Waals surface area (Å²) < 4.78 is 1.51. The molecule has 0 unspecified atom stereocenters. The molecule has 0 radical (unpaired) electrons. The van der Waals surface area contributed by atoms with Crippen molar-refractivity contribution in [2.75, 3.05) is 11.1 Å². The fraction of sp³-hybridized carbons (Fsp3) is 0.125. The molecule has 0 aliphatic heterocycles. The standard InChI is InChI=1S/C24H20N4O4S/c1-15-7-9-17(10-8-15)27-23(30)19-5-3-4-6-21(19)26-24(27)33-14-22(29)25-20-12-11-18(28(31)32)13-16(20)2/h3-13H,14H2,1-2H3,(H,25,29). The number of non-ortho nitro benzene ring substituents is 1. The largest absolute Gasteiger partial charge is 0.325 e. The molecule has 4 rings (SSSR count). The van der Waals surface area contributed by atoms with E-state index in [1.54, 1.807) is 25.1 Å². The summed E-state index contributed by atoms with van der Waals surface area (Å²) >= 11 is 1.15. The third kappa shape index (κ3) is 4.78. The second-order valence-electron chi connectivity index (χ2n) is 7.48. The van der Waals surface area contributed by atoms with E-state index in [9.17, 15) is 19.7 Å². The number of nitrogens with one attached hydrogen (secondary N) is 1. The van der Waals surface area contributed by atoms with Gasteiger partial charge in [-0.2, -0.15) is 0 Å². The Balaban J connectivity index is 1.62. The van der Waals surface area contributed by atoms with Gasteiger partial charge < -0.3 is 5.32 Å². The summed E-state index contributed by atoms with van der Waals surface area (Å²) in [7, 11) is 0. The van der Waals surface area contributed by atoms with Gasteiger partial charge in [-0.15, -0.1) is 0 Å². The van der Waals surface area contributed by atoms with Gasteiger partial charge in [-0.25, -0.2) is 4.98 Å². The molecular formula is C24H20N4O4S. The summed E-state index contributed by atoms with van der Waals surface area (Å²) in [5.74, 6) is -0.303. The van der Waals surface area contributed by atoms with Crippen LogP contribution < -0.4 is 10.9 Å². The molecular weight excluding hydrogens is 440 g/mol. The number of amides is 1. The van der Waals surface area contributed by atoms with Crippen molar-refractivity contribution >= 4 is 39.9 Å². The van der Waals surface area contributed by atoms with Crippen molar-refractivity contribution in [3.05, 3.63) is 98.3 Å². The van der Waals surface area contributed by atoms with E-state index >= 15 is 0 Å². The number of nitrogens with zero attached hydrogens (tertiary/aromatic N) is 3. The molecule has 0 fully saturated rings. The topological polar surface area (TPSA) is 107 Å². The number of anilines is 1. The Morgan fingerprint density at radius 3 is 2.52 bits per heavy atom. The lowest BCUT2D eigenvalue weighted by Crippen LogP contribution is -2.23. The molecule has 1 heterocycles. The zero-order chi connectivity index (χ0) is 23.5. The Hall–Kier alpha value is -3.98. The molecule has 8 nitrogen and oxygen atoms in total. The molecule has 0 saturated heterocycles. The first kappa shape index (κ1) is 22.2. The molecule has 0 bridgehead atoms. The highest BCUT2D eigenvalue weighted by Gasteiger charge is 2.16. The average Bonchev–Trinajstić information content (AvgIpc) is 2.80. The van der Waals surface area contributed by atoms with Gasteiger partial charge in [0.25, 0.3) is 11.2 Å². The van der Waals surface area contributed by atoms with Crippen LogP contribution in [-0.4, -0.2) is 26.1 Å². The molecule has 0 atom stereocenters. The highest BCUT2D eigenvalue weighted by Crippen LogP contribution is 2.24. The molecule has 1 N–H and O–H groups in total. The van der Waals surface area contributed by atoms with Crippen LogP contribution in [0.4, 0.5) is 11.4 Å². The van der Waals surface area contributed by atoms with Gasteiger partial charge in [-0.05, 0) is 49.7 Å². The molecule has 0 aliphatic carbocycles. The van der Waals surface area contributed by atoms with Gasteiger partial charge in [-0.3, -0.25) is 24.3 Å². The van der Waals surface area contributed by atoms with Crippen LogP contribution in [0.15, 0.2) is 76.7 Å². The number of hydrogen-bond donors (Lipinski definition) is 1. The van der Waals surface area contributed by atoms with Gasteiger partial charge in [0.2, 0.25) is 5.91 Å². The van der Waals surface area contributed by atoms with Gasteiger partial charge in [0.05, 0.1) is 27.3 Å². The molecule has 9 heteroatoms. The molecule has 4 aromatic rings. The molecule has 33 heavy (non-hydrogen) atoms. The molecule has 0 spiro atoms. The lowest BCUT2D eigenvalue weighted by molar-refractivity contribution is -0.384. The molecule has 1 amide bonds. The van der Waals surface area contributed by atoms with Gasteiger partial charge in [0, 0.05) is 17.8 Å². The number of carbonyl (C=O) groups is 1. The van der Waals surface area contributed by atoms with Crippen molar-refractivity contribution < 1.29 is 9.72 Å². The molecule has 0 aliphatic rings. The minimum Gasteiger partial charge on any atom is -0.325 e. The first-order valence-electron chi connectivity index (χ1n) is 10.1. The smallest absolute Gasteiger partial charge is 0.269 e. The highest BCUT2D eigenvalue weighted by molar-refractivity contribution is 7.99. The number of fused-ring (bicyclic) bond motifs is 1. The van der Waals surface area contributed by atoms with Crippen LogP contribution >= 0.6 is 11.8 Å². The van der Waals surface area contributed by atoms with Crippen molar-refractivity contribution in [1.82, 2.24) is 9.55 Å². The van der Waals surface area contributed by atoms with Crippen molar-refractivity contribution in [2.45, 2.75) is 19.0 Å². The summed E-state index contributed by atoms with van der Waals surface area (Å²) in [6, 6.07) is 18.9. The van der Waals surface area contributed by atoms with E-state index in [1.807, 2.05) is 37.3 Å². The zero-order valence-corrected chi connectivity index (χ0v) is 18.8. The van der Waals surface area contributed by atoms with E-state index in [1.165, 1.54) is 22.8 Å². The van der Waals surface area contributed by atoms with Crippen LogP contribution in [0.2, 0.25) is 0 Å². The number of aromatic nitrogens is 2. The van der Waals surface area contributed by atoms with E-state index in [-0.39, 0.29) is 22.9 Å². The predicted molar refractivity (Wildman–Crippen MR) is 129 cm³/mol. The number of benzene rings is 3. The van der Waals surface area contributed by atoms with Gasteiger partial charge in [-0.1, -0.05) is 41.6 Å². The molecule has 1 aromatic heterocycles. The first-order valence-corrected chi connectivity index (χ1v) is 11.1. The van der Waals surface area contributed by atoms with Crippen LogP contribution in [0.25, 0.3) is 16.6 Å². The molecule has 0 saturated carbocycles. The quantitative estimate of drug-likeness (QED) is 0.194. The van der Waals surface area contributed by atoms with Crippen LogP contribution in [0.5, 0.6) is 0 Å². The third-order valence-electron chi connectivity index (χ3n) is 5.06. The summed E-state index contributed by atoms with van der Waals surface area (Å²) in [5, 5.41) is 14.6. The minimum atomic E-state index is -0.482. The lowest BCUT2D eigenvalue weighted by Gasteiger charge is -2.14. The second-order valence-corrected chi connectivity index (χ2v) is 8.42. The monoisotopic (exact) mass is 460 g/mol. The first-order chi connectivity index (χ1) is 15.8. The van der Waals surface area contributed by atoms with E-state index in [4.69, 9.17) is 0 Å². The number of aryl methyl sites for hydroxylation is 2. The Morgan fingerprint density at radius 2 is 1.82 bits per heavy atom. The Labute approximate surface area is 193 Å². The van der Waals surface area contributed by atoms with Crippen molar-refractivity contribution in [1.29, 1.82) is 0 Å². The van der Waals surface area contributed by atoms with E-state index in [0.717, 1.165) is 17.3 Å². The van der Waals surface area contributed by atoms with Crippen molar-refractivity contribution in [2.24, 2.45) is 0 Å². The van der Waals surface area contributed by atoms with E-state index < -0.39 is 4.92 Å². The zero-order valence-electron chi connectivity index (χ0n) is 17.9. The minimum absolute atomic E-state index is 0.00701. The summed E-state index contributed by atoms with van der Waals surface area (Å²) in [6.45, 7) is 3.65. The molecule has 3 aromatic carbocycles. The fourth-order valence-electron chi connectivity index (χ4n) is 3.35. The fourth-order valence-corrected chi connectivity index (χ4v) is 4.16. The van der Waals surface area contributed by atoms with E-state index in [2.05, 4.69) is 10.3 Å². The maximum Gasteiger partial charge on any atom is 0.269 e. The predicted octanol–water partition coefficient (Wildman–Crippen LogP) is 4.64. The number of nitro benzene ring substituents is 1.